The van der Waals surface area contributed by atoms with E-state index in [9.17, 15) is 10.1 Å². The van der Waals surface area contributed by atoms with E-state index in [0.717, 1.165) is 9.13 Å². The van der Waals surface area contributed by atoms with E-state index >= 15 is 0 Å². The van der Waals surface area contributed by atoms with Gasteiger partial charge in [-0.05, 0) is 98.2 Å². The minimum Gasteiger partial charge on any atom is -0.487 e. The first kappa shape index (κ1) is 23.6. The zero-order chi connectivity index (χ0) is 22.4. The first-order valence-corrected chi connectivity index (χ1v) is 11.5. The number of hydrogen-bond donors (Lipinski definition) is 1. The number of anilines is 1. The maximum atomic E-state index is 12.5. The molecule has 0 atom stereocenters. The van der Waals surface area contributed by atoms with Crippen LogP contribution in [0, 0.1) is 14.9 Å². The third-order valence-electron chi connectivity index (χ3n) is 4.08. The molecule has 0 aliphatic carbocycles. The van der Waals surface area contributed by atoms with Gasteiger partial charge in [0.1, 0.15) is 24.0 Å². The Balaban J connectivity index is 1.76. The highest BCUT2D eigenvalue weighted by Gasteiger charge is 2.13. The van der Waals surface area contributed by atoms with Gasteiger partial charge in [0.2, 0.25) is 0 Å². The summed E-state index contributed by atoms with van der Waals surface area (Å²) in [7, 11) is 0. The molecule has 0 saturated heterocycles. The van der Waals surface area contributed by atoms with Crippen LogP contribution in [0.25, 0.3) is 6.08 Å². The van der Waals surface area contributed by atoms with Crippen molar-refractivity contribution in [3.05, 3.63) is 95.5 Å². The Morgan fingerprint density at radius 1 is 1.13 bits per heavy atom. The van der Waals surface area contributed by atoms with E-state index in [4.69, 9.17) is 27.9 Å². The molecule has 8 heteroatoms. The van der Waals surface area contributed by atoms with Crippen molar-refractivity contribution in [2.24, 2.45) is 0 Å². The van der Waals surface area contributed by atoms with E-state index < -0.39 is 5.91 Å². The van der Waals surface area contributed by atoms with Crippen LogP contribution >= 0.6 is 61.7 Å². The number of carbonyl (C=O) groups excluding carboxylic acids is 1. The van der Waals surface area contributed by atoms with Gasteiger partial charge in [-0.25, -0.2) is 0 Å². The van der Waals surface area contributed by atoms with Gasteiger partial charge in [-0.1, -0.05) is 41.4 Å². The third kappa shape index (κ3) is 6.71. The topological polar surface area (TPSA) is 62.1 Å². The number of halogens is 4. The van der Waals surface area contributed by atoms with Crippen LogP contribution in [-0.4, -0.2) is 5.91 Å². The molecule has 0 heterocycles. The number of nitrogens with one attached hydrogen (secondary N) is 1. The summed E-state index contributed by atoms with van der Waals surface area (Å²) in [6.45, 7) is 0.381. The fourth-order valence-electron chi connectivity index (χ4n) is 2.62. The van der Waals surface area contributed by atoms with E-state index in [1.807, 2.05) is 36.4 Å². The number of ether oxygens (including phenoxy) is 1. The van der Waals surface area contributed by atoms with Gasteiger partial charge in [0, 0.05) is 15.7 Å². The number of carbonyl (C=O) groups is 1. The number of rotatable bonds is 6. The largest absolute Gasteiger partial charge is 0.487 e. The summed E-state index contributed by atoms with van der Waals surface area (Å²) < 4.78 is 7.49. The molecule has 0 aliphatic heterocycles. The van der Waals surface area contributed by atoms with Crippen LogP contribution in [0.3, 0.4) is 0 Å². The van der Waals surface area contributed by atoms with E-state index in [1.54, 1.807) is 30.3 Å². The lowest BCUT2D eigenvalue weighted by molar-refractivity contribution is -0.112. The Hall–Kier alpha value is -2.05. The SMILES string of the molecule is N#C/C(=C\c1cc(Br)c(OCc2ccc(Cl)cc2)c(I)c1)C(=O)Nc1cccc(Cl)c1. The van der Waals surface area contributed by atoms with Crippen molar-refractivity contribution in [2.45, 2.75) is 6.61 Å². The van der Waals surface area contributed by atoms with Crippen molar-refractivity contribution in [3.8, 4) is 11.8 Å². The first-order valence-electron chi connectivity index (χ1n) is 8.90. The van der Waals surface area contributed by atoms with Crippen LogP contribution in [0.1, 0.15) is 11.1 Å². The van der Waals surface area contributed by atoms with E-state index in [1.165, 1.54) is 6.08 Å². The lowest BCUT2D eigenvalue weighted by Crippen LogP contribution is -2.13. The van der Waals surface area contributed by atoms with Gasteiger partial charge in [0.05, 0.1) is 8.04 Å². The molecule has 0 fully saturated rings. The van der Waals surface area contributed by atoms with E-state index in [2.05, 4.69) is 43.8 Å². The minimum atomic E-state index is -0.515. The number of nitrogens with zero attached hydrogens (tertiary/aromatic N) is 1. The predicted molar refractivity (Wildman–Crippen MR) is 136 cm³/mol. The summed E-state index contributed by atoms with van der Waals surface area (Å²) in [5.41, 5.74) is 2.16. The maximum absolute atomic E-state index is 12.5. The molecule has 0 bridgehead atoms. The average Bonchev–Trinajstić information content (AvgIpc) is 2.72. The van der Waals surface area contributed by atoms with Crippen LogP contribution in [0.15, 0.2) is 70.7 Å². The Labute approximate surface area is 212 Å². The zero-order valence-electron chi connectivity index (χ0n) is 15.8. The lowest BCUT2D eigenvalue weighted by atomic mass is 10.1. The molecule has 0 aliphatic rings. The van der Waals surface area contributed by atoms with Gasteiger partial charge < -0.3 is 10.1 Å². The van der Waals surface area contributed by atoms with Gasteiger partial charge in [0.25, 0.3) is 5.91 Å². The Morgan fingerprint density at radius 3 is 2.52 bits per heavy atom. The zero-order valence-corrected chi connectivity index (χ0v) is 21.1. The second kappa shape index (κ2) is 11.0. The molecule has 4 nitrogen and oxygen atoms in total. The smallest absolute Gasteiger partial charge is 0.266 e. The quantitative estimate of drug-likeness (QED) is 0.175. The molecular formula is C23H14BrCl2IN2O2. The van der Waals surface area contributed by atoms with Crippen LogP contribution in [-0.2, 0) is 11.4 Å². The van der Waals surface area contributed by atoms with Crippen molar-refractivity contribution < 1.29 is 9.53 Å². The summed E-state index contributed by atoms with van der Waals surface area (Å²) >= 11 is 17.5. The van der Waals surface area contributed by atoms with Gasteiger partial charge in [-0.3, -0.25) is 4.79 Å². The molecule has 0 unspecified atom stereocenters. The molecule has 3 aromatic carbocycles. The number of benzene rings is 3. The van der Waals surface area contributed by atoms with Crippen molar-refractivity contribution >= 4 is 79.4 Å². The van der Waals surface area contributed by atoms with Crippen LogP contribution in [0.5, 0.6) is 5.75 Å². The second-order valence-electron chi connectivity index (χ2n) is 6.36. The normalized spacial score (nSPS) is 11.0. The fraction of sp³-hybridized carbons (Fsp3) is 0.0435. The molecule has 0 aromatic heterocycles. The van der Waals surface area contributed by atoms with E-state index in [0.29, 0.717) is 38.1 Å². The molecule has 3 rings (SSSR count). The van der Waals surface area contributed by atoms with Crippen LogP contribution in [0.2, 0.25) is 10.0 Å². The van der Waals surface area contributed by atoms with Crippen LogP contribution < -0.4 is 10.1 Å². The Kier molecular flexibility index (Phi) is 8.38. The first-order chi connectivity index (χ1) is 14.9. The Bertz CT molecular complexity index is 1170. The fourth-order valence-corrected chi connectivity index (χ4v) is 4.70. The van der Waals surface area contributed by atoms with Crippen molar-refractivity contribution in [1.82, 2.24) is 0 Å². The summed E-state index contributed by atoms with van der Waals surface area (Å²) in [6.07, 6.45) is 1.52. The van der Waals surface area contributed by atoms with Crippen LogP contribution in [0.4, 0.5) is 5.69 Å². The molecule has 1 amide bonds. The number of amides is 1. The van der Waals surface area contributed by atoms with Crippen molar-refractivity contribution in [3.63, 3.8) is 0 Å². The Morgan fingerprint density at radius 2 is 1.87 bits per heavy atom. The van der Waals surface area contributed by atoms with Gasteiger partial charge in [0.15, 0.2) is 0 Å². The van der Waals surface area contributed by atoms with Gasteiger partial charge in [-0.2, -0.15) is 5.26 Å². The third-order valence-corrected chi connectivity index (χ3v) is 5.95. The molecule has 31 heavy (non-hydrogen) atoms. The molecule has 3 aromatic rings. The maximum Gasteiger partial charge on any atom is 0.266 e. The summed E-state index contributed by atoms with van der Waals surface area (Å²) in [4.78, 5) is 12.5. The lowest BCUT2D eigenvalue weighted by Gasteiger charge is -2.12. The summed E-state index contributed by atoms with van der Waals surface area (Å²) in [6, 6.07) is 19.7. The van der Waals surface area contributed by atoms with Crippen molar-refractivity contribution in [2.75, 3.05) is 5.32 Å². The van der Waals surface area contributed by atoms with Crippen molar-refractivity contribution in [1.29, 1.82) is 5.26 Å². The van der Waals surface area contributed by atoms with Gasteiger partial charge >= 0.3 is 0 Å². The highest BCUT2D eigenvalue weighted by molar-refractivity contribution is 14.1. The minimum absolute atomic E-state index is 0.0301. The second-order valence-corrected chi connectivity index (χ2v) is 9.25. The standard InChI is InChI=1S/C23H14BrCl2IN2O2/c24-20-9-15(8-16(12-28)23(30)29-19-3-1-2-18(26)11-19)10-21(27)22(20)31-13-14-4-6-17(25)7-5-14/h1-11H,13H2,(H,29,30)/b16-8+. The molecule has 0 saturated carbocycles. The van der Waals surface area contributed by atoms with E-state index in [-0.39, 0.29) is 5.57 Å². The number of nitriles is 1. The van der Waals surface area contributed by atoms with Gasteiger partial charge in [-0.15, -0.1) is 0 Å². The highest BCUT2D eigenvalue weighted by Crippen LogP contribution is 2.33. The summed E-state index contributed by atoms with van der Waals surface area (Å²) in [5.74, 6) is 0.161. The number of hydrogen-bond acceptors (Lipinski definition) is 3. The summed E-state index contributed by atoms with van der Waals surface area (Å²) in [5, 5.41) is 13.3. The molecule has 0 radical (unpaired) electrons. The monoisotopic (exact) mass is 626 g/mol. The molecule has 0 spiro atoms. The predicted octanol–water partition coefficient (Wildman–Crippen LogP) is 7.49. The molecule has 1 N–H and O–H groups in total. The highest BCUT2D eigenvalue weighted by atomic mass is 127. The molecule has 156 valence electrons. The molecular weight excluding hydrogens is 614 g/mol. The average molecular weight is 628 g/mol.